The van der Waals surface area contributed by atoms with Crippen LogP contribution in [0.4, 0.5) is 0 Å². The zero-order valence-corrected chi connectivity index (χ0v) is 40.3. The smallest absolute Gasteiger partial charge is 0.232 e. The molecule has 0 aromatic heterocycles. The molecule has 4 amide bonds. The van der Waals surface area contributed by atoms with Crippen molar-refractivity contribution in [2.24, 2.45) is 11.5 Å². The SMILES string of the molecule is CCCCCCCN(C)C(=O)CC(=O)N(CCCCCCCCN)CCCCCCCC(N)(C(=O)CC(=O)N(C)CCCCCCC)C(=O)CC(=O)N(C)CCCCCCC. The summed E-state index contributed by atoms with van der Waals surface area (Å²) in [5.74, 6) is -2.22. The minimum atomic E-state index is -1.92. The van der Waals surface area contributed by atoms with Crippen molar-refractivity contribution in [3.05, 3.63) is 0 Å². The second-order valence-corrected chi connectivity index (χ2v) is 17.8. The van der Waals surface area contributed by atoms with Crippen LogP contribution in [0.15, 0.2) is 0 Å². The Morgan fingerprint density at radius 2 is 0.672 bits per heavy atom. The van der Waals surface area contributed by atoms with Crippen molar-refractivity contribution >= 4 is 35.2 Å². The van der Waals surface area contributed by atoms with Crippen LogP contribution < -0.4 is 11.5 Å². The second kappa shape index (κ2) is 37.7. The molecule has 0 saturated carbocycles. The molecule has 0 aliphatic rings. The van der Waals surface area contributed by atoms with Gasteiger partial charge in [0.1, 0.15) is 12.0 Å². The van der Waals surface area contributed by atoms with Gasteiger partial charge >= 0.3 is 0 Å². The van der Waals surface area contributed by atoms with Crippen LogP contribution in [0.2, 0.25) is 0 Å². The molecule has 61 heavy (non-hydrogen) atoms. The Hall–Kier alpha value is -2.86. The third kappa shape index (κ3) is 28.5. The highest BCUT2D eigenvalue weighted by atomic mass is 16.2. The van der Waals surface area contributed by atoms with Gasteiger partial charge in [-0.1, -0.05) is 149 Å². The van der Waals surface area contributed by atoms with Crippen molar-refractivity contribution in [3.63, 3.8) is 0 Å². The molecule has 0 spiro atoms. The molecule has 0 radical (unpaired) electrons. The van der Waals surface area contributed by atoms with Crippen molar-refractivity contribution in [1.29, 1.82) is 0 Å². The van der Waals surface area contributed by atoms with Gasteiger partial charge in [0.2, 0.25) is 23.6 Å². The summed E-state index contributed by atoms with van der Waals surface area (Å²) >= 11 is 0. The van der Waals surface area contributed by atoms with Crippen molar-refractivity contribution in [2.75, 3.05) is 60.4 Å². The first-order chi connectivity index (χ1) is 29.3. The molecule has 356 valence electrons. The van der Waals surface area contributed by atoms with Crippen LogP contribution in [-0.4, -0.2) is 121 Å². The number of nitrogens with two attached hydrogens (primary N) is 2. The highest BCUT2D eigenvalue weighted by molar-refractivity contribution is 6.19. The summed E-state index contributed by atoms with van der Waals surface area (Å²) in [6, 6.07) is 0. The van der Waals surface area contributed by atoms with E-state index in [0.717, 1.165) is 141 Å². The fourth-order valence-corrected chi connectivity index (χ4v) is 7.65. The summed E-state index contributed by atoms with van der Waals surface area (Å²) in [6.07, 6.45) is 25.0. The van der Waals surface area contributed by atoms with Gasteiger partial charge in [-0.15, -0.1) is 0 Å². The maximum absolute atomic E-state index is 13.8. The topological polar surface area (TPSA) is 167 Å². The third-order valence-corrected chi connectivity index (χ3v) is 12.2. The predicted octanol–water partition coefficient (Wildman–Crippen LogP) is 8.75. The van der Waals surface area contributed by atoms with Crippen molar-refractivity contribution in [1.82, 2.24) is 19.6 Å². The van der Waals surface area contributed by atoms with Gasteiger partial charge in [0, 0.05) is 53.9 Å². The molecule has 0 atom stereocenters. The van der Waals surface area contributed by atoms with Gasteiger partial charge in [0.05, 0.1) is 12.8 Å². The number of carbonyl (C=O) groups is 6. The number of carbonyl (C=O) groups excluding carboxylic acids is 6. The summed E-state index contributed by atoms with van der Waals surface area (Å²) < 4.78 is 0. The zero-order valence-electron chi connectivity index (χ0n) is 40.3. The summed E-state index contributed by atoms with van der Waals surface area (Å²) in [5.41, 5.74) is 10.4. The maximum atomic E-state index is 13.8. The van der Waals surface area contributed by atoms with Crippen molar-refractivity contribution in [2.45, 2.75) is 219 Å². The molecule has 12 nitrogen and oxygen atoms in total. The predicted molar refractivity (Wildman–Crippen MR) is 251 cm³/mol. The summed E-state index contributed by atoms with van der Waals surface area (Å²) in [6.45, 7) is 10.1. The Morgan fingerprint density at radius 3 is 1.03 bits per heavy atom. The minimum absolute atomic E-state index is 0.0663. The quantitative estimate of drug-likeness (QED) is 0.0454. The average Bonchev–Trinajstić information content (AvgIpc) is 3.23. The first-order valence-corrected chi connectivity index (χ1v) is 24.8. The van der Waals surface area contributed by atoms with E-state index in [1.807, 2.05) is 4.90 Å². The normalized spacial score (nSPS) is 11.4. The molecule has 12 heteroatoms. The Morgan fingerprint density at radius 1 is 0.377 bits per heavy atom. The summed E-state index contributed by atoms with van der Waals surface area (Å²) in [5, 5.41) is 0. The van der Waals surface area contributed by atoms with Crippen molar-refractivity contribution in [3.8, 4) is 0 Å². The Kier molecular flexibility index (Phi) is 35.9. The van der Waals surface area contributed by atoms with E-state index in [1.165, 1.54) is 12.8 Å². The monoisotopic (exact) mass is 863 g/mol. The van der Waals surface area contributed by atoms with Gasteiger partial charge < -0.3 is 31.1 Å². The van der Waals surface area contributed by atoms with Crippen LogP contribution in [0.25, 0.3) is 0 Å². The number of ketones is 2. The van der Waals surface area contributed by atoms with Gasteiger partial charge in [0.15, 0.2) is 11.6 Å². The molecule has 0 unspecified atom stereocenters. The lowest BCUT2D eigenvalue weighted by Gasteiger charge is -2.28. The number of nitrogens with zero attached hydrogens (tertiary/aromatic N) is 4. The Balaban J connectivity index is 5.44. The summed E-state index contributed by atoms with van der Waals surface area (Å²) in [4.78, 5) is 86.8. The van der Waals surface area contributed by atoms with E-state index in [0.29, 0.717) is 52.1 Å². The minimum Gasteiger partial charge on any atom is -0.345 e. The third-order valence-electron chi connectivity index (χ3n) is 12.2. The molecule has 0 rings (SSSR count). The Labute approximate surface area is 373 Å². The molecule has 0 aromatic carbocycles. The van der Waals surface area contributed by atoms with E-state index < -0.39 is 29.9 Å². The lowest BCUT2D eigenvalue weighted by atomic mass is 9.81. The second-order valence-electron chi connectivity index (χ2n) is 17.8. The van der Waals surface area contributed by atoms with Crippen molar-refractivity contribution < 1.29 is 28.8 Å². The van der Waals surface area contributed by atoms with Crippen LogP contribution in [-0.2, 0) is 28.8 Å². The zero-order chi connectivity index (χ0) is 45.7. The average molecular weight is 863 g/mol. The molecule has 0 aliphatic heterocycles. The van der Waals surface area contributed by atoms with Gasteiger partial charge in [-0.25, -0.2) is 0 Å². The van der Waals surface area contributed by atoms with Crippen LogP contribution in [0.1, 0.15) is 213 Å². The lowest BCUT2D eigenvalue weighted by Crippen LogP contribution is -2.57. The fourth-order valence-electron chi connectivity index (χ4n) is 7.65. The van der Waals surface area contributed by atoms with E-state index in [1.54, 1.807) is 35.8 Å². The highest BCUT2D eigenvalue weighted by Crippen LogP contribution is 2.21. The summed E-state index contributed by atoms with van der Waals surface area (Å²) in [7, 11) is 5.15. The lowest BCUT2D eigenvalue weighted by molar-refractivity contribution is -0.143. The number of rotatable bonds is 42. The number of Topliss-reactive ketones (excluding diaryl/α,β-unsaturated/α-hetero) is 2. The largest absolute Gasteiger partial charge is 0.345 e. The standard InChI is InChI=1S/C49H94N6O6/c1-7-10-13-21-28-35-52(4)45(58)40-43(56)49(51,44(57)41-46(59)53(5)36-29-22-14-11-8-2)33-26-19-18-25-32-39-55(38-31-24-17-16-20-27-34-50)48(61)42-47(60)54(6)37-30-23-15-12-9-3/h7-42,50-51H2,1-6H3. The van der Waals surface area contributed by atoms with E-state index in [9.17, 15) is 28.8 Å². The van der Waals surface area contributed by atoms with Gasteiger partial charge in [-0.2, -0.15) is 0 Å². The van der Waals surface area contributed by atoms with Crippen LogP contribution in [0, 0.1) is 0 Å². The van der Waals surface area contributed by atoms with Gasteiger partial charge in [-0.05, 0) is 51.5 Å². The molecule has 0 fully saturated rings. The highest BCUT2D eigenvalue weighted by Gasteiger charge is 2.42. The molecular weight excluding hydrogens is 769 g/mol. The van der Waals surface area contributed by atoms with Crippen LogP contribution >= 0.6 is 0 Å². The molecule has 0 saturated heterocycles. The number of unbranched alkanes of at least 4 members (excludes halogenated alkanes) is 21. The maximum Gasteiger partial charge on any atom is 0.232 e. The molecule has 4 N–H and O–H groups in total. The number of amides is 4. The van der Waals surface area contributed by atoms with E-state index in [-0.39, 0.29) is 36.5 Å². The van der Waals surface area contributed by atoms with E-state index in [4.69, 9.17) is 11.5 Å². The number of hydrogen-bond donors (Lipinski definition) is 2. The molecule has 0 bridgehead atoms. The fraction of sp³-hybridized carbons (Fsp3) is 0.878. The molecule has 0 heterocycles. The van der Waals surface area contributed by atoms with E-state index in [2.05, 4.69) is 20.8 Å². The van der Waals surface area contributed by atoms with E-state index >= 15 is 0 Å². The van der Waals surface area contributed by atoms with Crippen LogP contribution in [0.3, 0.4) is 0 Å². The molecule has 0 aromatic rings. The molecule has 0 aliphatic carbocycles. The first kappa shape index (κ1) is 58.1. The van der Waals surface area contributed by atoms with Crippen LogP contribution in [0.5, 0.6) is 0 Å². The van der Waals surface area contributed by atoms with Gasteiger partial charge in [0.25, 0.3) is 0 Å². The molecular formula is C49H94N6O6. The number of hydrogen-bond acceptors (Lipinski definition) is 8. The first-order valence-electron chi connectivity index (χ1n) is 24.8. The van der Waals surface area contributed by atoms with Gasteiger partial charge in [-0.3, -0.25) is 28.8 Å². The Bertz CT molecular complexity index is 1150.